The summed E-state index contributed by atoms with van der Waals surface area (Å²) in [6.07, 6.45) is 0. The number of benzene rings is 1. The average Bonchev–Trinajstić information content (AvgIpc) is 2.27. The molecule has 0 bridgehead atoms. The zero-order valence-corrected chi connectivity index (χ0v) is 12.3. The first-order chi connectivity index (χ1) is 8.82. The van der Waals surface area contributed by atoms with Gasteiger partial charge in [0.25, 0.3) is 0 Å². The predicted octanol–water partition coefficient (Wildman–Crippen LogP) is 1.80. The van der Waals surface area contributed by atoms with Gasteiger partial charge in [0.15, 0.2) is 0 Å². The Hall–Kier alpha value is -0.980. The molecule has 0 aliphatic carbocycles. The van der Waals surface area contributed by atoms with E-state index in [1.54, 1.807) is 25.1 Å². The SMILES string of the molecule is CC(C)NCCS(=O)(=O)NC(C)c1ccccc1F. The van der Waals surface area contributed by atoms with Crippen LogP contribution in [0.25, 0.3) is 0 Å². The Morgan fingerprint density at radius 3 is 2.42 bits per heavy atom. The van der Waals surface area contributed by atoms with Crippen LogP contribution in [0.3, 0.4) is 0 Å². The van der Waals surface area contributed by atoms with Gasteiger partial charge < -0.3 is 5.32 Å². The van der Waals surface area contributed by atoms with Crippen LogP contribution < -0.4 is 10.0 Å². The minimum atomic E-state index is -3.42. The van der Waals surface area contributed by atoms with Crippen LogP contribution in [0.5, 0.6) is 0 Å². The Kier molecular flexibility index (Phi) is 5.90. The van der Waals surface area contributed by atoms with Gasteiger partial charge in [0.1, 0.15) is 5.82 Å². The molecule has 0 saturated heterocycles. The van der Waals surface area contributed by atoms with Crippen molar-refractivity contribution in [3.8, 4) is 0 Å². The van der Waals surface area contributed by atoms with Crippen molar-refractivity contribution in [2.75, 3.05) is 12.3 Å². The van der Waals surface area contributed by atoms with Gasteiger partial charge in [0.05, 0.1) is 5.75 Å². The third kappa shape index (κ3) is 5.67. The summed E-state index contributed by atoms with van der Waals surface area (Å²) >= 11 is 0. The normalized spacial score (nSPS) is 13.7. The molecule has 1 unspecified atom stereocenters. The molecule has 1 rings (SSSR count). The summed E-state index contributed by atoms with van der Waals surface area (Å²) in [5.41, 5.74) is 0.350. The second-order valence-corrected chi connectivity index (χ2v) is 6.66. The van der Waals surface area contributed by atoms with E-state index >= 15 is 0 Å². The van der Waals surface area contributed by atoms with Crippen molar-refractivity contribution in [2.45, 2.75) is 32.9 Å². The van der Waals surface area contributed by atoms with Crippen LogP contribution >= 0.6 is 0 Å². The highest BCUT2D eigenvalue weighted by atomic mass is 32.2. The molecule has 4 nitrogen and oxygen atoms in total. The molecule has 2 N–H and O–H groups in total. The quantitative estimate of drug-likeness (QED) is 0.804. The van der Waals surface area contributed by atoms with Gasteiger partial charge in [-0.2, -0.15) is 0 Å². The number of sulfonamides is 1. The van der Waals surface area contributed by atoms with Crippen LogP contribution in [-0.2, 0) is 10.0 Å². The summed E-state index contributed by atoms with van der Waals surface area (Å²) in [7, 11) is -3.42. The molecule has 1 atom stereocenters. The predicted molar refractivity (Wildman–Crippen MR) is 74.9 cm³/mol. The minimum Gasteiger partial charge on any atom is -0.313 e. The molecule has 0 aromatic heterocycles. The van der Waals surface area contributed by atoms with E-state index in [0.29, 0.717) is 12.1 Å². The highest BCUT2D eigenvalue weighted by Gasteiger charge is 2.17. The second kappa shape index (κ2) is 6.98. The number of halogens is 1. The standard InChI is InChI=1S/C13H21FN2O2S/c1-10(2)15-8-9-19(17,18)16-11(3)12-6-4-5-7-13(12)14/h4-7,10-11,15-16H,8-9H2,1-3H3. The summed E-state index contributed by atoms with van der Waals surface area (Å²) in [6, 6.07) is 5.82. The Morgan fingerprint density at radius 2 is 1.84 bits per heavy atom. The molecule has 0 saturated carbocycles. The summed E-state index contributed by atoms with van der Waals surface area (Å²) < 4.78 is 39.7. The highest BCUT2D eigenvalue weighted by molar-refractivity contribution is 7.89. The third-order valence-corrected chi connectivity index (χ3v) is 4.11. The molecule has 19 heavy (non-hydrogen) atoms. The van der Waals surface area contributed by atoms with E-state index in [0.717, 1.165) is 0 Å². The lowest BCUT2D eigenvalue weighted by atomic mass is 10.1. The second-order valence-electron chi connectivity index (χ2n) is 4.79. The fraction of sp³-hybridized carbons (Fsp3) is 0.538. The highest BCUT2D eigenvalue weighted by Crippen LogP contribution is 2.16. The Bertz CT molecular complexity index is 503. The van der Waals surface area contributed by atoms with E-state index in [9.17, 15) is 12.8 Å². The van der Waals surface area contributed by atoms with Crippen molar-refractivity contribution in [1.29, 1.82) is 0 Å². The van der Waals surface area contributed by atoms with Crippen molar-refractivity contribution in [3.63, 3.8) is 0 Å². The smallest absolute Gasteiger partial charge is 0.213 e. The van der Waals surface area contributed by atoms with Crippen molar-refractivity contribution in [2.24, 2.45) is 0 Å². The van der Waals surface area contributed by atoms with Gasteiger partial charge in [-0.15, -0.1) is 0 Å². The van der Waals surface area contributed by atoms with E-state index in [1.807, 2.05) is 13.8 Å². The number of hydrogen-bond donors (Lipinski definition) is 2. The lowest BCUT2D eigenvalue weighted by molar-refractivity contribution is 0.543. The van der Waals surface area contributed by atoms with Gasteiger partial charge in [-0.05, 0) is 13.0 Å². The Labute approximate surface area is 114 Å². The average molecular weight is 288 g/mol. The van der Waals surface area contributed by atoms with Gasteiger partial charge in [0.2, 0.25) is 10.0 Å². The molecule has 1 aromatic carbocycles. The molecule has 6 heteroatoms. The molecule has 0 fully saturated rings. The van der Waals surface area contributed by atoms with E-state index in [2.05, 4.69) is 10.0 Å². The molecule has 0 heterocycles. The Morgan fingerprint density at radius 1 is 1.21 bits per heavy atom. The molecule has 0 spiro atoms. The summed E-state index contributed by atoms with van der Waals surface area (Å²) in [5, 5.41) is 3.03. The van der Waals surface area contributed by atoms with E-state index in [-0.39, 0.29) is 11.8 Å². The molecule has 0 aliphatic heterocycles. The first-order valence-electron chi connectivity index (χ1n) is 6.29. The number of rotatable bonds is 7. The summed E-state index contributed by atoms with van der Waals surface area (Å²) in [6.45, 7) is 5.90. The molecule has 0 amide bonds. The van der Waals surface area contributed by atoms with Crippen LogP contribution in [0.4, 0.5) is 4.39 Å². The van der Waals surface area contributed by atoms with Gasteiger partial charge in [-0.25, -0.2) is 17.5 Å². The van der Waals surface area contributed by atoms with Gasteiger partial charge in [-0.3, -0.25) is 0 Å². The van der Waals surface area contributed by atoms with Crippen LogP contribution in [-0.4, -0.2) is 26.8 Å². The Balaban J connectivity index is 2.61. The van der Waals surface area contributed by atoms with E-state index in [4.69, 9.17) is 0 Å². The maximum absolute atomic E-state index is 13.5. The van der Waals surface area contributed by atoms with Crippen LogP contribution in [0.15, 0.2) is 24.3 Å². The number of nitrogens with one attached hydrogen (secondary N) is 2. The fourth-order valence-corrected chi connectivity index (χ4v) is 2.87. The lowest BCUT2D eigenvalue weighted by Crippen LogP contribution is -2.35. The van der Waals surface area contributed by atoms with Crippen molar-refractivity contribution in [1.82, 2.24) is 10.0 Å². The van der Waals surface area contributed by atoms with Crippen LogP contribution in [0.1, 0.15) is 32.4 Å². The topological polar surface area (TPSA) is 58.2 Å². The van der Waals surface area contributed by atoms with Crippen molar-refractivity contribution >= 4 is 10.0 Å². The lowest BCUT2D eigenvalue weighted by Gasteiger charge is -2.16. The fourth-order valence-electron chi connectivity index (χ4n) is 1.70. The van der Waals surface area contributed by atoms with Gasteiger partial charge >= 0.3 is 0 Å². The maximum Gasteiger partial charge on any atom is 0.213 e. The van der Waals surface area contributed by atoms with Gasteiger partial charge in [0, 0.05) is 24.2 Å². The molecular weight excluding hydrogens is 267 g/mol. The largest absolute Gasteiger partial charge is 0.313 e. The zero-order valence-electron chi connectivity index (χ0n) is 11.5. The third-order valence-electron chi connectivity index (χ3n) is 2.65. The van der Waals surface area contributed by atoms with Crippen molar-refractivity contribution in [3.05, 3.63) is 35.6 Å². The summed E-state index contributed by atoms with van der Waals surface area (Å²) in [5.74, 6) is -0.428. The number of hydrogen-bond acceptors (Lipinski definition) is 3. The molecular formula is C13H21FN2O2S. The van der Waals surface area contributed by atoms with E-state index in [1.165, 1.54) is 6.07 Å². The first kappa shape index (κ1) is 16.1. The molecule has 108 valence electrons. The van der Waals surface area contributed by atoms with Crippen molar-refractivity contribution < 1.29 is 12.8 Å². The molecule has 0 aliphatic rings. The van der Waals surface area contributed by atoms with E-state index < -0.39 is 21.9 Å². The monoisotopic (exact) mass is 288 g/mol. The molecule has 0 radical (unpaired) electrons. The summed E-state index contributed by atoms with van der Waals surface area (Å²) in [4.78, 5) is 0. The van der Waals surface area contributed by atoms with Gasteiger partial charge in [-0.1, -0.05) is 32.0 Å². The molecule has 1 aromatic rings. The minimum absolute atomic E-state index is 0.0238. The maximum atomic E-state index is 13.5. The first-order valence-corrected chi connectivity index (χ1v) is 7.95. The zero-order chi connectivity index (χ0) is 14.5. The van der Waals surface area contributed by atoms with Crippen LogP contribution in [0.2, 0.25) is 0 Å². The van der Waals surface area contributed by atoms with Crippen LogP contribution in [0, 0.1) is 5.82 Å².